The Balaban J connectivity index is 0.000000497. The van der Waals surface area contributed by atoms with Crippen molar-refractivity contribution in [1.82, 2.24) is 20.5 Å². The van der Waals surface area contributed by atoms with Crippen molar-refractivity contribution < 1.29 is 19.5 Å². The standard InChI is InChI=1S/C12H14N4O2.CH2O2/c1-7-2-8-5-16(6-9(8)3-13-7)11(17)10-4-14-12(18)15-10;2-1-3/h2-3,10H,4-6H2,1H3,(H2,14,15,18);1H,(H,2,3). The van der Waals surface area contributed by atoms with E-state index in [-0.39, 0.29) is 18.4 Å². The van der Waals surface area contributed by atoms with Gasteiger partial charge in [-0.1, -0.05) is 0 Å². The number of pyridine rings is 1. The Morgan fingerprint density at radius 3 is 2.76 bits per heavy atom. The lowest BCUT2D eigenvalue weighted by atomic mass is 10.2. The van der Waals surface area contributed by atoms with Gasteiger partial charge in [0.15, 0.2) is 0 Å². The summed E-state index contributed by atoms with van der Waals surface area (Å²) in [6, 6.07) is 1.29. The second-order valence-electron chi connectivity index (χ2n) is 4.80. The Hall–Kier alpha value is -2.64. The van der Waals surface area contributed by atoms with Crippen molar-refractivity contribution in [3.63, 3.8) is 0 Å². The van der Waals surface area contributed by atoms with E-state index >= 15 is 0 Å². The van der Waals surface area contributed by atoms with Crippen molar-refractivity contribution in [3.8, 4) is 0 Å². The molecule has 21 heavy (non-hydrogen) atoms. The summed E-state index contributed by atoms with van der Waals surface area (Å²) in [5.41, 5.74) is 3.19. The van der Waals surface area contributed by atoms with E-state index in [4.69, 9.17) is 9.90 Å². The summed E-state index contributed by atoms with van der Waals surface area (Å²) in [6.07, 6.45) is 1.82. The van der Waals surface area contributed by atoms with Crippen LogP contribution in [-0.2, 0) is 22.7 Å². The topological polar surface area (TPSA) is 112 Å². The SMILES string of the molecule is Cc1cc2c(cn1)CN(C(=O)C1CNC(=O)N1)C2.O=CO. The molecular formula is C13H16N4O4. The summed E-state index contributed by atoms with van der Waals surface area (Å²) >= 11 is 0. The molecule has 112 valence electrons. The van der Waals surface area contributed by atoms with Crippen LogP contribution in [0.5, 0.6) is 0 Å². The van der Waals surface area contributed by atoms with Gasteiger partial charge in [-0.25, -0.2) is 4.79 Å². The third-order valence-corrected chi connectivity index (χ3v) is 3.32. The van der Waals surface area contributed by atoms with Crippen molar-refractivity contribution in [2.24, 2.45) is 0 Å². The number of carboxylic acid groups (broad SMARTS) is 1. The van der Waals surface area contributed by atoms with Gasteiger partial charge in [0.25, 0.3) is 6.47 Å². The highest BCUT2D eigenvalue weighted by molar-refractivity contribution is 5.90. The minimum Gasteiger partial charge on any atom is -0.483 e. The Kier molecular flexibility index (Phi) is 4.36. The molecule has 2 aliphatic heterocycles. The van der Waals surface area contributed by atoms with Crippen LogP contribution < -0.4 is 10.6 Å². The zero-order valence-corrected chi connectivity index (χ0v) is 11.5. The van der Waals surface area contributed by atoms with Crippen LogP contribution in [0.1, 0.15) is 16.8 Å². The van der Waals surface area contributed by atoms with Gasteiger partial charge in [-0.15, -0.1) is 0 Å². The maximum atomic E-state index is 12.2. The number of amides is 3. The van der Waals surface area contributed by atoms with Crippen LogP contribution in [-0.4, -0.2) is 46.0 Å². The molecule has 3 heterocycles. The molecule has 1 atom stereocenters. The molecule has 0 radical (unpaired) electrons. The molecule has 0 bridgehead atoms. The minimum absolute atomic E-state index is 0.0396. The summed E-state index contributed by atoms with van der Waals surface area (Å²) in [5.74, 6) is -0.0396. The van der Waals surface area contributed by atoms with Crippen molar-refractivity contribution in [1.29, 1.82) is 0 Å². The number of hydrogen-bond donors (Lipinski definition) is 3. The minimum atomic E-state index is -0.444. The number of rotatable bonds is 1. The predicted molar refractivity (Wildman–Crippen MR) is 72.2 cm³/mol. The lowest BCUT2D eigenvalue weighted by Gasteiger charge is -2.18. The van der Waals surface area contributed by atoms with Gasteiger partial charge < -0.3 is 20.6 Å². The first-order chi connectivity index (χ1) is 10.0. The smallest absolute Gasteiger partial charge is 0.315 e. The van der Waals surface area contributed by atoms with E-state index in [1.165, 1.54) is 0 Å². The van der Waals surface area contributed by atoms with Crippen LogP contribution in [0.15, 0.2) is 12.3 Å². The maximum absolute atomic E-state index is 12.2. The number of aromatic nitrogens is 1. The third kappa shape index (κ3) is 3.28. The van der Waals surface area contributed by atoms with Gasteiger partial charge in [0.2, 0.25) is 5.91 Å². The number of urea groups is 1. The Morgan fingerprint density at radius 2 is 2.14 bits per heavy atom. The fourth-order valence-corrected chi connectivity index (χ4v) is 2.38. The largest absolute Gasteiger partial charge is 0.483 e. The molecule has 3 N–H and O–H groups in total. The second-order valence-corrected chi connectivity index (χ2v) is 4.80. The lowest BCUT2D eigenvalue weighted by molar-refractivity contribution is -0.133. The van der Waals surface area contributed by atoms with Crippen LogP contribution in [0, 0.1) is 6.92 Å². The number of nitrogens with zero attached hydrogens (tertiary/aromatic N) is 2. The first kappa shape index (κ1) is 14.8. The van der Waals surface area contributed by atoms with Crippen molar-refractivity contribution >= 4 is 18.4 Å². The number of carbonyl (C=O) groups excluding carboxylic acids is 2. The third-order valence-electron chi connectivity index (χ3n) is 3.32. The molecule has 0 saturated carbocycles. The molecule has 3 amide bonds. The van der Waals surface area contributed by atoms with Crippen molar-refractivity contribution in [2.45, 2.75) is 26.1 Å². The van der Waals surface area contributed by atoms with Gasteiger partial charge in [0.1, 0.15) is 6.04 Å². The molecular weight excluding hydrogens is 276 g/mol. The van der Waals surface area contributed by atoms with Crippen LogP contribution in [0.2, 0.25) is 0 Å². The highest BCUT2D eigenvalue weighted by atomic mass is 16.3. The maximum Gasteiger partial charge on any atom is 0.315 e. The Labute approximate surface area is 121 Å². The summed E-state index contributed by atoms with van der Waals surface area (Å²) in [6.45, 7) is 3.23. The lowest BCUT2D eigenvalue weighted by Crippen LogP contribution is -2.43. The first-order valence-electron chi connectivity index (χ1n) is 6.40. The molecule has 1 unspecified atom stereocenters. The fraction of sp³-hybridized carbons (Fsp3) is 0.385. The monoisotopic (exact) mass is 292 g/mol. The molecule has 1 saturated heterocycles. The summed E-state index contributed by atoms with van der Waals surface area (Å²) in [4.78, 5) is 37.6. The molecule has 1 aromatic rings. The van der Waals surface area contributed by atoms with E-state index in [9.17, 15) is 9.59 Å². The van der Waals surface area contributed by atoms with Gasteiger partial charge in [-0.3, -0.25) is 14.6 Å². The average Bonchev–Trinajstić information content (AvgIpc) is 3.04. The Bertz CT molecular complexity index is 575. The normalized spacial score (nSPS) is 19.0. The van der Waals surface area contributed by atoms with Crippen LogP contribution >= 0.6 is 0 Å². The molecule has 8 nitrogen and oxygen atoms in total. The highest BCUT2D eigenvalue weighted by Crippen LogP contribution is 2.23. The average molecular weight is 292 g/mol. The second kappa shape index (κ2) is 6.21. The first-order valence-corrected chi connectivity index (χ1v) is 6.40. The number of carbonyl (C=O) groups is 3. The fourth-order valence-electron chi connectivity index (χ4n) is 2.38. The molecule has 0 aliphatic carbocycles. The van der Waals surface area contributed by atoms with Gasteiger partial charge in [0, 0.05) is 31.5 Å². The van der Waals surface area contributed by atoms with E-state index in [1.54, 1.807) is 4.90 Å². The number of nitrogens with one attached hydrogen (secondary N) is 2. The molecule has 2 aliphatic rings. The summed E-state index contributed by atoms with van der Waals surface area (Å²) in [5, 5.41) is 12.1. The Morgan fingerprint density at radius 1 is 1.48 bits per heavy atom. The number of hydrogen-bond acceptors (Lipinski definition) is 4. The zero-order valence-electron chi connectivity index (χ0n) is 11.5. The molecule has 3 rings (SSSR count). The van der Waals surface area contributed by atoms with Crippen LogP contribution in [0.3, 0.4) is 0 Å². The molecule has 0 aromatic carbocycles. The predicted octanol–water partition coefficient (Wildman–Crippen LogP) is -0.386. The zero-order chi connectivity index (χ0) is 15.4. The van der Waals surface area contributed by atoms with Crippen LogP contribution in [0.4, 0.5) is 4.79 Å². The quantitative estimate of drug-likeness (QED) is 0.611. The van der Waals surface area contributed by atoms with E-state index < -0.39 is 6.04 Å². The van der Waals surface area contributed by atoms with Gasteiger partial charge in [-0.05, 0) is 24.1 Å². The molecule has 1 fully saturated rings. The summed E-state index contributed by atoms with van der Waals surface area (Å²) < 4.78 is 0. The molecule has 1 aromatic heterocycles. The number of fused-ring (bicyclic) bond motifs is 1. The highest BCUT2D eigenvalue weighted by Gasteiger charge is 2.33. The molecule has 0 spiro atoms. The number of aryl methyl sites for hydroxylation is 1. The van der Waals surface area contributed by atoms with E-state index in [2.05, 4.69) is 15.6 Å². The molecule has 8 heteroatoms. The van der Waals surface area contributed by atoms with E-state index in [1.807, 2.05) is 19.2 Å². The van der Waals surface area contributed by atoms with E-state index in [0.29, 0.717) is 19.6 Å². The van der Waals surface area contributed by atoms with Gasteiger partial charge >= 0.3 is 6.03 Å². The van der Waals surface area contributed by atoms with Crippen molar-refractivity contribution in [2.75, 3.05) is 6.54 Å². The van der Waals surface area contributed by atoms with Crippen LogP contribution in [0.25, 0.3) is 0 Å². The van der Waals surface area contributed by atoms with Gasteiger partial charge in [0.05, 0.1) is 0 Å². The summed E-state index contributed by atoms with van der Waals surface area (Å²) in [7, 11) is 0. The van der Waals surface area contributed by atoms with E-state index in [0.717, 1.165) is 16.8 Å². The van der Waals surface area contributed by atoms with Gasteiger partial charge in [-0.2, -0.15) is 0 Å². The van der Waals surface area contributed by atoms with Crippen molar-refractivity contribution in [3.05, 3.63) is 29.1 Å².